The summed E-state index contributed by atoms with van der Waals surface area (Å²) >= 11 is 0. The molecule has 0 unspecified atom stereocenters. The maximum atomic E-state index is 11.5. The zero-order valence-corrected chi connectivity index (χ0v) is 14.0. The molecule has 0 spiro atoms. The molecule has 1 N–H and O–H groups in total. The van der Waals surface area contributed by atoms with Crippen molar-refractivity contribution in [3.63, 3.8) is 0 Å². The average molecular weight is 301 g/mol. The fraction of sp³-hybridized carbons (Fsp3) is 0.933. The minimum absolute atomic E-state index is 0.343. The van der Waals surface area contributed by atoms with Gasteiger partial charge in [0.2, 0.25) is 0 Å². The Hall–Kier alpha value is -0.850. The van der Waals surface area contributed by atoms with Gasteiger partial charge >= 0.3 is 6.09 Å². The van der Waals surface area contributed by atoms with Gasteiger partial charge in [0.25, 0.3) is 0 Å². The van der Waals surface area contributed by atoms with Gasteiger partial charge in [0.05, 0.1) is 13.2 Å². The number of rotatable bonds is 7. The first-order valence-electron chi connectivity index (χ1n) is 7.82. The number of hydrogen-bond donors (Lipinski definition) is 1. The average Bonchev–Trinajstić information content (AvgIpc) is 2.38. The minimum atomic E-state index is -0.436. The Morgan fingerprint density at radius 2 is 1.95 bits per heavy atom. The van der Waals surface area contributed by atoms with Crippen LogP contribution in [0.15, 0.2) is 0 Å². The minimum Gasteiger partial charge on any atom is -0.444 e. The molecule has 1 fully saturated rings. The van der Waals surface area contributed by atoms with E-state index in [0.29, 0.717) is 6.54 Å². The van der Waals surface area contributed by atoms with Gasteiger partial charge in [0, 0.05) is 26.2 Å². The highest BCUT2D eigenvalue weighted by atomic mass is 16.6. The van der Waals surface area contributed by atoms with Crippen LogP contribution < -0.4 is 5.32 Å². The third-order valence-corrected chi connectivity index (χ3v) is 3.28. The Labute approximate surface area is 128 Å². The second kappa shape index (κ2) is 9.23. The van der Waals surface area contributed by atoms with Crippen LogP contribution in [-0.4, -0.2) is 81.0 Å². The molecule has 1 heterocycles. The third kappa shape index (κ3) is 9.66. The number of likely N-dealkylation sites (N-methyl/N-ethyl adjacent to an activating group) is 1. The molecule has 1 aliphatic heterocycles. The fourth-order valence-corrected chi connectivity index (χ4v) is 2.16. The summed E-state index contributed by atoms with van der Waals surface area (Å²) in [7, 11) is 2.08. The Kier molecular flexibility index (Phi) is 8.00. The molecule has 0 bridgehead atoms. The number of amides is 1. The van der Waals surface area contributed by atoms with Gasteiger partial charge in [-0.3, -0.25) is 4.90 Å². The molecule has 1 aliphatic rings. The first kappa shape index (κ1) is 18.2. The largest absolute Gasteiger partial charge is 0.444 e. The van der Waals surface area contributed by atoms with E-state index >= 15 is 0 Å². The molecule has 0 aromatic rings. The van der Waals surface area contributed by atoms with Crippen LogP contribution >= 0.6 is 0 Å². The highest BCUT2D eigenvalue weighted by Gasteiger charge is 2.15. The number of hydrogen-bond acceptors (Lipinski definition) is 5. The molecule has 0 aromatic heterocycles. The summed E-state index contributed by atoms with van der Waals surface area (Å²) < 4.78 is 10.5. The van der Waals surface area contributed by atoms with Gasteiger partial charge in [-0.25, -0.2) is 4.79 Å². The molecule has 124 valence electrons. The normalized spacial score (nSPS) is 17.0. The van der Waals surface area contributed by atoms with Crippen molar-refractivity contribution in [3.05, 3.63) is 0 Å². The first-order chi connectivity index (χ1) is 9.87. The van der Waals surface area contributed by atoms with Crippen LogP contribution in [0.25, 0.3) is 0 Å². The standard InChI is InChI=1S/C15H31N3O3/c1-15(2,3)21-14(19)16-6-9-17(4)7-5-8-18-10-12-20-13-11-18/h5-13H2,1-4H3,(H,16,19). The lowest BCUT2D eigenvalue weighted by molar-refractivity contribution is 0.0364. The Balaban J connectivity index is 2.00. The molecule has 0 atom stereocenters. The van der Waals surface area contributed by atoms with Crippen LogP contribution in [-0.2, 0) is 9.47 Å². The van der Waals surface area contributed by atoms with Gasteiger partial charge < -0.3 is 19.7 Å². The maximum Gasteiger partial charge on any atom is 0.407 e. The van der Waals surface area contributed by atoms with Crippen LogP contribution in [0.3, 0.4) is 0 Å². The summed E-state index contributed by atoms with van der Waals surface area (Å²) in [6.45, 7) is 13.0. The molecule has 1 amide bonds. The van der Waals surface area contributed by atoms with Crippen LogP contribution in [0.4, 0.5) is 4.79 Å². The molecule has 1 saturated heterocycles. The van der Waals surface area contributed by atoms with Crippen molar-refractivity contribution in [2.45, 2.75) is 32.8 Å². The Morgan fingerprint density at radius 3 is 2.57 bits per heavy atom. The van der Waals surface area contributed by atoms with E-state index < -0.39 is 5.60 Å². The summed E-state index contributed by atoms with van der Waals surface area (Å²) in [5.41, 5.74) is -0.436. The summed E-state index contributed by atoms with van der Waals surface area (Å²) in [6.07, 6.45) is 0.798. The zero-order chi connectivity index (χ0) is 15.7. The molecule has 0 aliphatic carbocycles. The number of nitrogens with one attached hydrogen (secondary N) is 1. The lowest BCUT2D eigenvalue weighted by Gasteiger charge is -2.27. The quantitative estimate of drug-likeness (QED) is 0.765. The van der Waals surface area contributed by atoms with Crippen molar-refractivity contribution in [2.24, 2.45) is 0 Å². The smallest absolute Gasteiger partial charge is 0.407 e. The summed E-state index contributed by atoms with van der Waals surface area (Å²) in [5, 5.41) is 2.78. The van der Waals surface area contributed by atoms with E-state index in [4.69, 9.17) is 9.47 Å². The van der Waals surface area contributed by atoms with E-state index in [-0.39, 0.29) is 6.09 Å². The van der Waals surface area contributed by atoms with E-state index in [2.05, 4.69) is 22.2 Å². The van der Waals surface area contributed by atoms with Crippen LogP contribution in [0.1, 0.15) is 27.2 Å². The second-order valence-corrected chi connectivity index (χ2v) is 6.54. The molecule has 6 nitrogen and oxygen atoms in total. The monoisotopic (exact) mass is 301 g/mol. The molecular weight excluding hydrogens is 270 g/mol. The number of nitrogens with zero attached hydrogens (tertiary/aromatic N) is 2. The van der Waals surface area contributed by atoms with E-state index in [1.54, 1.807) is 0 Å². The lowest BCUT2D eigenvalue weighted by Crippen LogP contribution is -2.39. The fourth-order valence-electron chi connectivity index (χ4n) is 2.16. The lowest BCUT2D eigenvalue weighted by atomic mass is 10.2. The van der Waals surface area contributed by atoms with Crippen molar-refractivity contribution < 1.29 is 14.3 Å². The molecular formula is C15H31N3O3. The number of carbonyl (C=O) groups is 1. The van der Waals surface area contributed by atoms with E-state index in [1.807, 2.05) is 20.8 Å². The Morgan fingerprint density at radius 1 is 1.29 bits per heavy atom. The number of ether oxygens (including phenoxy) is 2. The van der Waals surface area contributed by atoms with Crippen LogP contribution in [0.2, 0.25) is 0 Å². The topological polar surface area (TPSA) is 54.0 Å². The van der Waals surface area contributed by atoms with Gasteiger partial charge in [-0.2, -0.15) is 0 Å². The van der Waals surface area contributed by atoms with E-state index in [1.165, 1.54) is 0 Å². The summed E-state index contributed by atoms with van der Waals surface area (Å²) in [6, 6.07) is 0. The van der Waals surface area contributed by atoms with Gasteiger partial charge in [-0.15, -0.1) is 0 Å². The molecule has 0 aromatic carbocycles. The summed E-state index contributed by atoms with van der Waals surface area (Å²) in [5.74, 6) is 0. The summed E-state index contributed by atoms with van der Waals surface area (Å²) in [4.78, 5) is 16.2. The van der Waals surface area contributed by atoms with Gasteiger partial charge in [-0.1, -0.05) is 0 Å². The molecule has 1 rings (SSSR count). The van der Waals surface area contributed by atoms with Gasteiger partial charge in [0.15, 0.2) is 0 Å². The van der Waals surface area contributed by atoms with Crippen molar-refractivity contribution in [1.82, 2.24) is 15.1 Å². The van der Waals surface area contributed by atoms with Gasteiger partial charge in [0.1, 0.15) is 5.60 Å². The van der Waals surface area contributed by atoms with Crippen LogP contribution in [0, 0.1) is 0 Å². The SMILES string of the molecule is CN(CCCN1CCOCC1)CCNC(=O)OC(C)(C)C. The first-order valence-corrected chi connectivity index (χ1v) is 7.82. The van der Waals surface area contributed by atoms with Crippen molar-refractivity contribution >= 4 is 6.09 Å². The number of alkyl carbamates (subject to hydrolysis) is 1. The third-order valence-electron chi connectivity index (χ3n) is 3.28. The van der Waals surface area contributed by atoms with Crippen molar-refractivity contribution in [1.29, 1.82) is 0 Å². The molecule has 0 radical (unpaired) electrons. The zero-order valence-electron chi connectivity index (χ0n) is 14.0. The number of carbonyl (C=O) groups excluding carboxylic acids is 1. The molecule has 21 heavy (non-hydrogen) atoms. The Bertz CT molecular complexity index is 299. The predicted octanol–water partition coefficient (Wildman–Crippen LogP) is 1.17. The van der Waals surface area contributed by atoms with Crippen LogP contribution in [0.5, 0.6) is 0 Å². The highest BCUT2D eigenvalue weighted by Crippen LogP contribution is 2.06. The number of morpholine rings is 1. The van der Waals surface area contributed by atoms with Gasteiger partial charge in [-0.05, 0) is 47.3 Å². The van der Waals surface area contributed by atoms with E-state index in [0.717, 1.165) is 52.4 Å². The predicted molar refractivity (Wildman–Crippen MR) is 83.6 cm³/mol. The molecule has 0 saturated carbocycles. The maximum absolute atomic E-state index is 11.5. The van der Waals surface area contributed by atoms with Crippen molar-refractivity contribution in [3.8, 4) is 0 Å². The van der Waals surface area contributed by atoms with E-state index in [9.17, 15) is 4.79 Å². The highest BCUT2D eigenvalue weighted by molar-refractivity contribution is 5.67. The second-order valence-electron chi connectivity index (χ2n) is 6.54. The molecule has 6 heteroatoms. The van der Waals surface area contributed by atoms with Crippen molar-refractivity contribution in [2.75, 3.05) is 59.5 Å².